The van der Waals surface area contributed by atoms with Crippen LogP contribution in [0.25, 0.3) is 10.9 Å². The summed E-state index contributed by atoms with van der Waals surface area (Å²) in [5, 5.41) is 4.47. The number of fused-ring (bicyclic) bond motifs is 1. The Kier molecular flexibility index (Phi) is 6.92. The van der Waals surface area contributed by atoms with E-state index in [-0.39, 0.29) is 5.91 Å². The zero-order valence-electron chi connectivity index (χ0n) is 18.6. The van der Waals surface area contributed by atoms with Crippen molar-refractivity contribution in [1.82, 2.24) is 15.2 Å². The highest BCUT2D eigenvalue weighted by Crippen LogP contribution is 2.35. The Balaban J connectivity index is 1.29. The Morgan fingerprint density at radius 2 is 2.00 bits per heavy atom. The van der Waals surface area contributed by atoms with Gasteiger partial charge in [0.15, 0.2) is 0 Å². The first-order chi connectivity index (χ1) is 15.2. The Morgan fingerprint density at radius 3 is 2.81 bits per heavy atom. The zero-order valence-corrected chi connectivity index (χ0v) is 18.6. The molecular weight excluding hydrogens is 386 g/mol. The van der Waals surface area contributed by atoms with E-state index < -0.39 is 0 Å². The van der Waals surface area contributed by atoms with Crippen molar-refractivity contribution in [3.63, 3.8) is 0 Å². The number of amides is 1. The summed E-state index contributed by atoms with van der Waals surface area (Å²) in [6, 6.07) is 17.0. The third kappa shape index (κ3) is 5.10. The van der Waals surface area contributed by atoms with E-state index >= 15 is 0 Å². The second kappa shape index (κ2) is 10.0. The number of carbonyl (C=O) groups is 1. The van der Waals surface area contributed by atoms with Crippen LogP contribution in [0, 0.1) is 5.92 Å². The molecule has 1 aliphatic rings. The van der Waals surface area contributed by atoms with Gasteiger partial charge in [0.2, 0.25) is 5.91 Å². The van der Waals surface area contributed by atoms with E-state index in [1.807, 2.05) is 18.2 Å². The number of aromatic amines is 1. The lowest BCUT2D eigenvalue weighted by molar-refractivity contribution is -0.121. The third-order valence-electron chi connectivity index (χ3n) is 6.55. The molecule has 0 radical (unpaired) electrons. The molecule has 0 aliphatic carbocycles. The molecule has 0 bridgehead atoms. The van der Waals surface area contributed by atoms with Crippen LogP contribution in [0.5, 0.6) is 5.75 Å². The van der Waals surface area contributed by atoms with Crippen molar-refractivity contribution in [3.05, 3.63) is 65.9 Å². The Labute approximate surface area is 184 Å². The maximum absolute atomic E-state index is 12.5. The molecule has 31 heavy (non-hydrogen) atoms. The number of aromatic nitrogens is 1. The lowest BCUT2D eigenvalue weighted by Gasteiger charge is -2.39. The summed E-state index contributed by atoms with van der Waals surface area (Å²) >= 11 is 0. The van der Waals surface area contributed by atoms with Crippen molar-refractivity contribution in [2.45, 2.75) is 38.1 Å². The molecule has 2 unspecified atom stereocenters. The quantitative estimate of drug-likeness (QED) is 0.556. The van der Waals surface area contributed by atoms with Gasteiger partial charge in [-0.25, -0.2) is 0 Å². The molecule has 5 heteroatoms. The predicted molar refractivity (Wildman–Crippen MR) is 125 cm³/mol. The van der Waals surface area contributed by atoms with Crippen LogP contribution in [0.15, 0.2) is 54.7 Å². The molecule has 5 nitrogen and oxygen atoms in total. The molecule has 2 N–H and O–H groups in total. The monoisotopic (exact) mass is 419 g/mol. The van der Waals surface area contributed by atoms with Crippen LogP contribution in [0.1, 0.15) is 42.9 Å². The number of hydrogen-bond acceptors (Lipinski definition) is 3. The minimum absolute atomic E-state index is 0.154. The summed E-state index contributed by atoms with van der Waals surface area (Å²) in [5.41, 5.74) is 3.74. The maximum atomic E-state index is 12.5. The average molecular weight is 420 g/mol. The molecule has 1 saturated heterocycles. The number of nitrogens with one attached hydrogen (secondary N) is 2. The van der Waals surface area contributed by atoms with Crippen molar-refractivity contribution in [1.29, 1.82) is 0 Å². The van der Waals surface area contributed by atoms with Gasteiger partial charge in [-0.15, -0.1) is 0 Å². The van der Waals surface area contributed by atoms with E-state index in [2.05, 4.69) is 58.8 Å². The summed E-state index contributed by atoms with van der Waals surface area (Å²) in [6.45, 7) is 1.82. The van der Waals surface area contributed by atoms with Gasteiger partial charge in [-0.05, 0) is 74.5 Å². The molecular formula is C26H33N3O2. The minimum Gasteiger partial charge on any atom is -0.497 e. The average Bonchev–Trinajstić information content (AvgIpc) is 3.21. The maximum Gasteiger partial charge on any atom is 0.220 e. The highest BCUT2D eigenvalue weighted by atomic mass is 16.5. The Bertz CT molecular complexity index is 995. The predicted octanol–water partition coefficient (Wildman–Crippen LogP) is 4.70. The van der Waals surface area contributed by atoms with Gasteiger partial charge in [0.05, 0.1) is 7.11 Å². The molecule has 164 valence electrons. The van der Waals surface area contributed by atoms with E-state index in [4.69, 9.17) is 4.74 Å². The smallest absolute Gasteiger partial charge is 0.220 e. The fourth-order valence-corrected chi connectivity index (χ4v) is 4.91. The number of rotatable bonds is 8. The molecule has 0 saturated carbocycles. The van der Waals surface area contributed by atoms with Crippen molar-refractivity contribution >= 4 is 16.8 Å². The summed E-state index contributed by atoms with van der Waals surface area (Å²) in [7, 11) is 3.88. The summed E-state index contributed by atoms with van der Waals surface area (Å²) in [5.74, 6) is 1.45. The van der Waals surface area contributed by atoms with Gasteiger partial charge in [-0.2, -0.15) is 0 Å². The largest absolute Gasteiger partial charge is 0.497 e. The molecule has 4 rings (SSSR count). The summed E-state index contributed by atoms with van der Waals surface area (Å²) in [4.78, 5) is 18.3. The van der Waals surface area contributed by atoms with Crippen molar-refractivity contribution < 1.29 is 9.53 Å². The summed E-state index contributed by atoms with van der Waals surface area (Å²) < 4.78 is 5.30. The van der Waals surface area contributed by atoms with E-state index in [1.165, 1.54) is 22.9 Å². The SMILES string of the molecule is COc1ccc(C2C(CNC(=O)CCCc3c[nH]c4ccccc34)CCCN2C)cc1. The second-order valence-electron chi connectivity index (χ2n) is 8.62. The van der Waals surface area contributed by atoms with Crippen LogP contribution in [0.4, 0.5) is 0 Å². The van der Waals surface area contributed by atoms with Gasteiger partial charge >= 0.3 is 0 Å². The molecule has 1 amide bonds. The number of carbonyl (C=O) groups excluding carboxylic acids is 1. The zero-order chi connectivity index (χ0) is 21.6. The van der Waals surface area contributed by atoms with Crippen molar-refractivity contribution in [2.75, 3.05) is 27.2 Å². The van der Waals surface area contributed by atoms with Crippen LogP contribution in [0.2, 0.25) is 0 Å². The molecule has 1 fully saturated rings. The molecule has 2 heterocycles. The molecule has 3 aromatic rings. The minimum atomic E-state index is 0.154. The molecule has 2 atom stereocenters. The lowest BCUT2D eigenvalue weighted by atomic mass is 9.85. The van der Waals surface area contributed by atoms with Crippen molar-refractivity contribution in [2.24, 2.45) is 5.92 Å². The number of para-hydroxylation sites is 1. The van der Waals surface area contributed by atoms with Crippen LogP contribution in [0.3, 0.4) is 0 Å². The van der Waals surface area contributed by atoms with Gasteiger partial charge in [-0.1, -0.05) is 30.3 Å². The molecule has 0 spiro atoms. The molecule has 2 aromatic carbocycles. The van der Waals surface area contributed by atoms with Gasteiger partial charge < -0.3 is 15.0 Å². The fraction of sp³-hybridized carbons (Fsp3) is 0.423. The van der Waals surface area contributed by atoms with Crippen LogP contribution in [-0.4, -0.2) is 43.0 Å². The Morgan fingerprint density at radius 1 is 1.19 bits per heavy atom. The second-order valence-corrected chi connectivity index (χ2v) is 8.62. The van der Waals surface area contributed by atoms with E-state index in [0.29, 0.717) is 18.4 Å². The number of H-pyrrole nitrogens is 1. The van der Waals surface area contributed by atoms with E-state index in [1.54, 1.807) is 7.11 Å². The number of ether oxygens (including phenoxy) is 1. The number of hydrogen-bond donors (Lipinski definition) is 2. The molecule has 1 aromatic heterocycles. The Hall–Kier alpha value is -2.79. The number of piperidine rings is 1. The number of methoxy groups -OCH3 is 1. The van der Waals surface area contributed by atoms with Crippen molar-refractivity contribution in [3.8, 4) is 5.75 Å². The van der Waals surface area contributed by atoms with Crippen LogP contribution in [-0.2, 0) is 11.2 Å². The van der Waals surface area contributed by atoms with Gasteiger partial charge in [0.25, 0.3) is 0 Å². The first-order valence-electron chi connectivity index (χ1n) is 11.3. The first kappa shape index (κ1) is 21.4. The number of likely N-dealkylation sites (tertiary alicyclic amines) is 1. The third-order valence-corrected chi connectivity index (χ3v) is 6.55. The first-order valence-corrected chi connectivity index (χ1v) is 11.3. The van der Waals surface area contributed by atoms with Crippen LogP contribution >= 0.6 is 0 Å². The lowest BCUT2D eigenvalue weighted by Crippen LogP contribution is -2.41. The van der Waals surface area contributed by atoms with E-state index in [0.717, 1.165) is 43.6 Å². The van der Waals surface area contributed by atoms with Gasteiger partial charge in [0.1, 0.15) is 5.75 Å². The number of nitrogens with zero attached hydrogens (tertiary/aromatic N) is 1. The normalized spacial score (nSPS) is 19.4. The highest BCUT2D eigenvalue weighted by molar-refractivity contribution is 5.83. The molecule has 1 aliphatic heterocycles. The van der Waals surface area contributed by atoms with Crippen LogP contribution < -0.4 is 10.1 Å². The summed E-state index contributed by atoms with van der Waals surface area (Å²) in [6.07, 6.45) is 6.72. The topological polar surface area (TPSA) is 57.4 Å². The van der Waals surface area contributed by atoms with E-state index in [9.17, 15) is 4.79 Å². The number of benzene rings is 2. The standard InChI is InChI=1S/C26H33N3O2/c1-29-16-6-8-21(26(29)19-12-14-22(31-2)15-13-19)18-28-25(30)11-5-7-20-17-27-24-10-4-3-9-23(20)24/h3-4,9-10,12-15,17,21,26-27H,5-8,11,16,18H2,1-2H3,(H,28,30). The highest BCUT2D eigenvalue weighted by Gasteiger charge is 2.30. The number of aryl methyl sites for hydroxylation is 1. The van der Waals surface area contributed by atoms with Gasteiger partial charge in [0, 0.05) is 36.1 Å². The van der Waals surface area contributed by atoms with Gasteiger partial charge in [-0.3, -0.25) is 9.69 Å². The fourth-order valence-electron chi connectivity index (χ4n) is 4.91.